The van der Waals surface area contributed by atoms with Crippen LogP contribution in [0.4, 0.5) is 0 Å². The van der Waals surface area contributed by atoms with Gasteiger partial charge in [-0.05, 0) is 11.8 Å². The van der Waals surface area contributed by atoms with Crippen molar-refractivity contribution in [3.05, 3.63) is 0 Å². The zero-order valence-electron chi connectivity index (χ0n) is 12.7. The second-order valence-corrected chi connectivity index (χ2v) is 6.29. The first kappa shape index (κ1) is 15.8. The lowest BCUT2D eigenvalue weighted by atomic mass is 9.96. The molecule has 108 valence electrons. The Labute approximate surface area is 117 Å². The minimum Gasteiger partial charge on any atom is -0.355 e. The van der Waals surface area contributed by atoms with Crippen molar-refractivity contribution < 1.29 is 0 Å². The van der Waals surface area contributed by atoms with Gasteiger partial charge in [-0.3, -0.25) is 4.90 Å². The molecule has 5 heteroatoms. The van der Waals surface area contributed by atoms with Crippen LogP contribution in [0.5, 0.6) is 0 Å². The van der Waals surface area contributed by atoms with Gasteiger partial charge < -0.3 is 10.2 Å². The van der Waals surface area contributed by atoms with Gasteiger partial charge in [0, 0.05) is 39.3 Å². The summed E-state index contributed by atoms with van der Waals surface area (Å²) < 4.78 is 0. The van der Waals surface area contributed by atoms with E-state index in [9.17, 15) is 0 Å². The van der Waals surface area contributed by atoms with Gasteiger partial charge in [0.2, 0.25) is 12.2 Å². The summed E-state index contributed by atoms with van der Waals surface area (Å²) in [7, 11) is 0. The summed E-state index contributed by atoms with van der Waals surface area (Å²) in [5.41, 5.74) is 0.339. The number of nitrogens with one attached hydrogen (secondary N) is 1. The summed E-state index contributed by atoms with van der Waals surface area (Å²) in [5, 5.41) is 12.0. The average Bonchev–Trinajstić information content (AvgIpc) is 2.34. The third-order valence-electron chi connectivity index (χ3n) is 3.06. The molecule has 0 aliphatic carbocycles. The van der Waals surface area contributed by atoms with Crippen molar-refractivity contribution in [3.63, 3.8) is 0 Å². The smallest absolute Gasteiger partial charge is 0.210 e. The predicted octanol–water partition coefficient (Wildman–Crippen LogP) is 1.49. The first-order valence-corrected chi connectivity index (χ1v) is 7.14. The summed E-state index contributed by atoms with van der Waals surface area (Å²) in [5.74, 6) is 0.736. The highest BCUT2D eigenvalue weighted by atomic mass is 15.3. The molecular formula is C14H27N5. The quantitative estimate of drug-likeness (QED) is 0.477. The minimum absolute atomic E-state index is 0.339. The van der Waals surface area contributed by atoms with Crippen LogP contribution in [-0.4, -0.2) is 55.0 Å². The average molecular weight is 265 g/mol. The number of hydrogen-bond donors (Lipinski definition) is 1. The van der Waals surface area contributed by atoms with Crippen LogP contribution < -0.4 is 5.32 Å². The van der Waals surface area contributed by atoms with Gasteiger partial charge in [-0.15, -0.1) is 4.99 Å². The molecule has 1 fully saturated rings. The van der Waals surface area contributed by atoms with Crippen LogP contribution in [0.2, 0.25) is 0 Å². The Balaban J connectivity index is 2.47. The standard InChI is InChI=1S/C14H27N5/c1-5-6-16-13(17-12-15)19-9-7-18(8-10-19)11-14(2,3)4/h5-11H2,1-4H3,(H,16,17). The van der Waals surface area contributed by atoms with Crippen molar-refractivity contribution >= 4 is 5.96 Å². The molecule has 1 heterocycles. The van der Waals surface area contributed by atoms with Crippen LogP contribution in [0.3, 0.4) is 0 Å². The summed E-state index contributed by atoms with van der Waals surface area (Å²) in [4.78, 5) is 8.57. The van der Waals surface area contributed by atoms with Crippen LogP contribution in [0.15, 0.2) is 4.99 Å². The molecule has 1 aliphatic heterocycles. The van der Waals surface area contributed by atoms with Crippen molar-refractivity contribution in [2.45, 2.75) is 34.1 Å². The molecule has 19 heavy (non-hydrogen) atoms. The Kier molecular flexibility index (Phi) is 6.10. The topological polar surface area (TPSA) is 54.7 Å². The van der Waals surface area contributed by atoms with E-state index < -0.39 is 0 Å². The van der Waals surface area contributed by atoms with Crippen LogP contribution in [-0.2, 0) is 0 Å². The van der Waals surface area contributed by atoms with E-state index in [0.29, 0.717) is 5.41 Å². The Morgan fingerprint density at radius 1 is 1.26 bits per heavy atom. The van der Waals surface area contributed by atoms with E-state index in [1.807, 2.05) is 6.19 Å². The van der Waals surface area contributed by atoms with Gasteiger partial charge >= 0.3 is 0 Å². The van der Waals surface area contributed by atoms with Gasteiger partial charge in [0.15, 0.2) is 0 Å². The van der Waals surface area contributed by atoms with E-state index in [2.05, 4.69) is 47.8 Å². The molecule has 1 aliphatic rings. The van der Waals surface area contributed by atoms with Gasteiger partial charge in [-0.25, -0.2) is 0 Å². The van der Waals surface area contributed by atoms with Crippen molar-refractivity contribution in [3.8, 4) is 6.19 Å². The van der Waals surface area contributed by atoms with Crippen LogP contribution >= 0.6 is 0 Å². The minimum atomic E-state index is 0.339. The molecular weight excluding hydrogens is 238 g/mol. The number of nitriles is 1. The Hall–Kier alpha value is -1.28. The van der Waals surface area contributed by atoms with E-state index in [4.69, 9.17) is 5.26 Å². The highest BCUT2D eigenvalue weighted by Gasteiger charge is 2.23. The molecule has 0 amide bonds. The lowest BCUT2D eigenvalue weighted by Gasteiger charge is -2.38. The highest BCUT2D eigenvalue weighted by molar-refractivity contribution is 5.80. The maximum atomic E-state index is 8.76. The molecule has 1 N–H and O–H groups in total. The SMILES string of the molecule is CCCN/C(=N\C#N)N1CCN(CC(C)(C)C)CC1. The first-order chi connectivity index (χ1) is 8.96. The molecule has 1 rings (SSSR count). The summed E-state index contributed by atoms with van der Waals surface area (Å²) in [6.07, 6.45) is 2.93. The van der Waals surface area contributed by atoms with Crippen molar-refractivity contribution in [2.75, 3.05) is 39.3 Å². The van der Waals surface area contributed by atoms with E-state index in [0.717, 1.165) is 51.6 Å². The lowest BCUT2D eigenvalue weighted by molar-refractivity contribution is 0.134. The molecule has 0 bridgehead atoms. The maximum absolute atomic E-state index is 8.76. The van der Waals surface area contributed by atoms with Gasteiger partial charge in [0.05, 0.1) is 0 Å². The Bertz CT molecular complexity index is 329. The third-order valence-corrected chi connectivity index (χ3v) is 3.06. The van der Waals surface area contributed by atoms with Crippen LogP contribution in [0.1, 0.15) is 34.1 Å². The first-order valence-electron chi connectivity index (χ1n) is 7.14. The molecule has 0 aromatic rings. The molecule has 0 unspecified atom stereocenters. The van der Waals surface area contributed by atoms with Crippen LogP contribution in [0, 0.1) is 16.9 Å². The highest BCUT2D eigenvalue weighted by Crippen LogP contribution is 2.16. The number of guanidine groups is 1. The van der Waals surface area contributed by atoms with E-state index in [1.54, 1.807) is 0 Å². The van der Waals surface area contributed by atoms with E-state index in [1.165, 1.54) is 0 Å². The van der Waals surface area contributed by atoms with Gasteiger partial charge in [0.1, 0.15) is 0 Å². The number of hydrogen-bond acceptors (Lipinski definition) is 3. The van der Waals surface area contributed by atoms with Gasteiger partial charge in [-0.2, -0.15) is 5.26 Å². The maximum Gasteiger partial charge on any atom is 0.210 e. The molecule has 1 saturated heterocycles. The monoisotopic (exact) mass is 265 g/mol. The summed E-state index contributed by atoms with van der Waals surface area (Å²) in [6, 6.07) is 0. The fraction of sp³-hybridized carbons (Fsp3) is 0.857. The molecule has 5 nitrogen and oxygen atoms in total. The number of aliphatic imine (C=N–C) groups is 1. The molecule has 0 spiro atoms. The van der Waals surface area contributed by atoms with E-state index >= 15 is 0 Å². The molecule has 0 saturated carbocycles. The third kappa shape index (κ3) is 5.93. The normalized spacial score (nSPS) is 18.3. The van der Waals surface area contributed by atoms with E-state index in [-0.39, 0.29) is 0 Å². The summed E-state index contributed by atoms with van der Waals surface area (Å²) >= 11 is 0. The zero-order valence-corrected chi connectivity index (χ0v) is 12.7. The Morgan fingerprint density at radius 3 is 2.37 bits per heavy atom. The number of nitrogens with zero attached hydrogens (tertiary/aromatic N) is 4. The fourth-order valence-corrected chi connectivity index (χ4v) is 2.29. The fourth-order valence-electron chi connectivity index (χ4n) is 2.29. The number of rotatable bonds is 3. The zero-order chi connectivity index (χ0) is 14.3. The molecule has 0 aromatic carbocycles. The van der Waals surface area contributed by atoms with Crippen LogP contribution in [0.25, 0.3) is 0 Å². The van der Waals surface area contributed by atoms with Crippen molar-refractivity contribution in [2.24, 2.45) is 10.4 Å². The van der Waals surface area contributed by atoms with Crippen molar-refractivity contribution in [1.29, 1.82) is 5.26 Å². The second kappa shape index (κ2) is 7.34. The predicted molar refractivity (Wildman–Crippen MR) is 78.8 cm³/mol. The number of piperazine rings is 1. The Morgan fingerprint density at radius 2 is 1.89 bits per heavy atom. The molecule has 0 atom stereocenters. The summed E-state index contributed by atoms with van der Waals surface area (Å²) in [6.45, 7) is 14.8. The van der Waals surface area contributed by atoms with Gasteiger partial charge in [-0.1, -0.05) is 27.7 Å². The lowest BCUT2D eigenvalue weighted by Crippen LogP contribution is -2.53. The molecule has 0 aromatic heterocycles. The largest absolute Gasteiger partial charge is 0.355 e. The van der Waals surface area contributed by atoms with Gasteiger partial charge in [0.25, 0.3) is 0 Å². The second-order valence-electron chi connectivity index (χ2n) is 6.29. The van der Waals surface area contributed by atoms with Crippen molar-refractivity contribution in [1.82, 2.24) is 15.1 Å². The molecule has 0 radical (unpaired) electrons.